The maximum atomic E-state index is 5.37. The zero-order valence-corrected chi connectivity index (χ0v) is 14.9. The molecule has 6 nitrogen and oxygen atoms in total. The summed E-state index contributed by atoms with van der Waals surface area (Å²) in [7, 11) is 3.25. The maximum Gasteiger partial charge on any atom is 0.229 e. The molecule has 1 aliphatic carbocycles. The summed E-state index contributed by atoms with van der Waals surface area (Å²) in [5, 5.41) is 6.59. The van der Waals surface area contributed by atoms with Crippen molar-refractivity contribution in [1.82, 2.24) is 9.97 Å². The lowest BCUT2D eigenvalue weighted by Gasteiger charge is -2.14. The molecule has 7 heteroatoms. The SMILES string of the molecule is COc1cc(Nc2ncc(Br)c(NC3CC3)n2)cc(C)c1OC. The molecule has 0 amide bonds. The van der Waals surface area contributed by atoms with Gasteiger partial charge < -0.3 is 20.1 Å². The molecular weight excluding hydrogens is 360 g/mol. The van der Waals surface area contributed by atoms with Gasteiger partial charge in [0.15, 0.2) is 11.5 Å². The van der Waals surface area contributed by atoms with Crippen LogP contribution in [0.25, 0.3) is 0 Å². The lowest BCUT2D eigenvalue weighted by Crippen LogP contribution is -2.07. The first-order chi connectivity index (χ1) is 11.1. The van der Waals surface area contributed by atoms with Crippen LogP contribution in [0.15, 0.2) is 22.8 Å². The second-order valence-corrected chi connectivity index (χ2v) is 6.32. The molecule has 1 heterocycles. The molecule has 0 radical (unpaired) electrons. The number of methoxy groups -OCH3 is 2. The predicted octanol–water partition coefficient (Wildman–Crippen LogP) is 3.88. The van der Waals surface area contributed by atoms with Gasteiger partial charge in [0, 0.05) is 24.0 Å². The van der Waals surface area contributed by atoms with Gasteiger partial charge in [-0.3, -0.25) is 0 Å². The van der Waals surface area contributed by atoms with E-state index >= 15 is 0 Å². The minimum atomic E-state index is 0.525. The van der Waals surface area contributed by atoms with Crippen LogP contribution in [0.3, 0.4) is 0 Å². The standard InChI is InChI=1S/C16H19BrN4O2/c1-9-6-11(7-13(22-2)14(9)23-3)20-16-18-8-12(17)15(21-16)19-10-4-5-10/h6-8,10H,4-5H2,1-3H3,(H2,18,19,20,21). The summed E-state index contributed by atoms with van der Waals surface area (Å²) in [4.78, 5) is 8.83. The fraction of sp³-hybridized carbons (Fsp3) is 0.375. The van der Waals surface area contributed by atoms with Crippen LogP contribution in [0.4, 0.5) is 17.5 Å². The zero-order valence-electron chi connectivity index (χ0n) is 13.3. The number of aromatic nitrogens is 2. The van der Waals surface area contributed by atoms with Gasteiger partial charge in [-0.1, -0.05) is 0 Å². The number of nitrogens with one attached hydrogen (secondary N) is 2. The van der Waals surface area contributed by atoms with Gasteiger partial charge in [0.2, 0.25) is 5.95 Å². The van der Waals surface area contributed by atoms with Gasteiger partial charge in [0.05, 0.1) is 18.7 Å². The average molecular weight is 379 g/mol. The number of benzene rings is 1. The van der Waals surface area contributed by atoms with Gasteiger partial charge in [-0.25, -0.2) is 4.98 Å². The van der Waals surface area contributed by atoms with Crippen LogP contribution in [0.2, 0.25) is 0 Å². The highest BCUT2D eigenvalue weighted by atomic mass is 79.9. The fourth-order valence-corrected chi connectivity index (χ4v) is 2.61. The van der Waals surface area contributed by atoms with E-state index in [0.29, 0.717) is 17.7 Å². The molecule has 1 aliphatic rings. The van der Waals surface area contributed by atoms with E-state index < -0.39 is 0 Å². The average Bonchev–Trinajstić information content (AvgIpc) is 3.34. The van der Waals surface area contributed by atoms with Crippen molar-refractivity contribution in [2.24, 2.45) is 0 Å². The van der Waals surface area contributed by atoms with E-state index in [1.165, 1.54) is 12.8 Å². The van der Waals surface area contributed by atoms with Crippen LogP contribution in [0, 0.1) is 6.92 Å². The van der Waals surface area contributed by atoms with Crippen molar-refractivity contribution in [2.75, 3.05) is 24.9 Å². The smallest absolute Gasteiger partial charge is 0.229 e. The lowest BCUT2D eigenvalue weighted by atomic mass is 10.2. The predicted molar refractivity (Wildman–Crippen MR) is 93.9 cm³/mol. The third-order valence-corrected chi connectivity index (χ3v) is 4.16. The van der Waals surface area contributed by atoms with E-state index in [1.54, 1.807) is 20.4 Å². The summed E-state index contributed by atoms with van der Waals surface area (Å²) in [5.41, 5.74) is 1.82. The quantitative estimate of drug-likeness (QED) is 0.794. The first kappa shape index (κ1) is 15.9. The molecule has 3 rings (SSSR count). The number of aryl methyl sites for hydroxylation is 1. The Morgan fingerprint density at radius 3 is 2.65 bits per heavy atom. The van der Waals surface area contributed by atoms with Gasteiger partial charge in [-0.2, -0.15) is 4.98 Å². The molecule has 1 saturated carbocycles. The number of anilines is 3. The van der Waals surface area contributed by atoms with E-state index in [1.807, 2.05) is 19.1 Å². The third-order valence-electron chi connectivity index (χ3n) is 3.58. The Hall–Kier alpha value is -2.02. The Bertz CT molecular complexity index is 719. The van der Waals surface area contributed by atoms with Gasteiger partial charge in [-0.05, 0) is 47.3 Å². The number of rotatable bonds is 6. The summed E-state index contributed by atoms with van der Waals surface area (Å²) in [6, 6.07) is 4.36. The van der Waals surface area contributed by atoms with Crippen LogP contribution in [0.5, 0.6) is 11.5 Å². The van der Waals surface area contributed by atoms with Crippen LogP contribution < -0.4 is 20.1 Å². The Morgan fingerprint density at radius 2 is 2.00 bits per heavy atom. The minimum Gasteiger partial charge on any atom is -0.493 e. The topological polar surface area (TPSA) is 68.3 Å². The molecule has 0 atom stereocenters. The molecule has 0 unspecified atom stereocenters. The molecule has 23 heavy (non-hydrogen) atoms. The Kier molecular flexibility index (Phi) is 4.56. The van der Waals surface area contributed by atoms with Crippen molar-refractivity contribution in [1.29, 1.82) is 0 Å². The Labute approximate surface area is 143 Å². The molecule has 1 aromatic heterocycles. The van der Waals surface area contributed by atoms with Gasteiger partial charge in [-0.15, -0.1) is 0 Å². The third kappa shape index (κ3) is 3.67. The highest BCUT2D eigenvalue weighted by molar-refractivity contribution is 9.10. The molecule has 0 spiro atoms. The van der Waals surface area contributed by atoms with Crippen molar-refractivity contribution in [3.63, 3.8) is 0 Å². The summed E-state index contributed by atoms with van der Waals surface area (Å²) in [6.07, 6.45) is 4.12. The number of hydrogen-bond donors (Lipinski definition) is 2. The Morgan fingerprint density at radius 1 is 1.22 bits per heavy atom. The first-order valence-corrected chi connectivity index (χ1v) is 8.18. The van der Waals surface area contributed by atoms with Gasteiger partial charge in [0.1, 0.15) is 5.82 Å². The summed E-state index contributed by atoms with van der Waals surface area (Å²) in [6.45, 7) is 1.97. The van der Waals surface area contributed by atoms with Crippen LogP contribution >= 0.6 is 15.9 Å². The summed E-state index contributed by atoms with van der Waals surface area (Å²) < 4.78 is 11.6. The van der Waals surface area contributed by atoms with Crippen LogP contribution in [-0.4, -0.2) is 30.2 Å². The van der Waals surface area contributed by atoms with Crippen molar-refractivity contribution in [2.45, 2.75) is 25.8 Å². The van der Waals surface area contributed by atoms with E-state index in [9.17, 15) is 0 Å². The fourth-order valence-electron chi connectivity index (χ4n) is 2.31. The van der Waals surface area contributed by atoms with Crippen LogP contribution in [0.1, 0.15) is 18.4 Å². The minimum absolute atomic E-state index is 0.525. The molecule has 2 aromatic rings. The number of ether oxygens (including phenoxy) is 2. The van der Waals surface area contributed by atoms with Crippen LogP contribution in [-0.2, 0) is 0 Å². The normalized spacial score (nSPS) is 13.6. The molecule has 122 valence electrons. The van der Waals surface area contributed by atoms with E-state index in [4.69, 9.17) is 9.47 Å². The summed E-state index contributed by atoms with van der Waals surface area (Å²) >= 11 is 3.47. The number of nitrogens with zero attached hydrogens (tertiary/aromatic N) is 2. The largest absolute Gasteiger partial charge is 0.493 e. The first-order valence-electron chi connectivity index (χ1n) is 7.39. The molecule has 1 fully saturated rings. The second-order valence-electron chi connectivity index (χ2n) is 5.46. The second kappa shape index (κ2) is 6.62. The van der Waals surface area contributed by atoms with Gasteiger partial charge >= 0.3 is 0 Å². The van der Waals surface area contributed by atoms with E-state index in [2.05, 4.69) is 36.5 Å². The van der Waals surface area contributed by atoms with Crippen molar-refractivity contribution in [3.05, 3.63) is 28.4 Å². The molecule has 1 aromatic carbocycles. The lowest BCUT2D eigenvalue weighted by molar-refractivity contribution is 0.353. The van der Waals surface area contributed by atoms with Gasteiger partial charge in [0.25, 0.3) is 0 Å². The molecule has 0 saturated heterocycles. The van der Waals surface area contributed by atoms with Crippen molar-refractivity contribution in [3.8, 4) is 11.5 Å². The maximum absolute atomic E-state index is 5.37. The highest BCUT2D eigenvalue weighted by Gasteiger charge is 2.22. The van der Waals surface area contributed by atoms with Crippen molar-refractivity contribution < 1.29 is 9.47 Å². The zero-order chi connectivity index (χ0) is 16.4. The van der Waals surface area contributed by atoms with E-state index in [-0.39, 0.29) is 0 Å². The molecule has 2 N–H and O–H groups in total. The Balaban J connectivity index is 1.85. The highest BCUT2D eigenvalue weighted by Crippen LogP contribution is 2.35. The summed E-state index contributed by atoms with van der Waals surface area (Å²) in [5.74, 6) is 2.74. The molecule has 0 aliphatic heterocycles. The van der Waals surface area contributed by atoms with Crippen molar-refractivity contribution >= 4 is 33.4 Å². The number of hydrogen-bond acceptors (Lipinski definition) is 6. The monoisotopic (exact) mass is 378 g/mol. The number of halogens is 1. The molecule has 0 bridgehead atoms. The molecular formula is C16H19BrN4O2. The van der Waals surface area contributed by atoms with E-state index in [0.717, 1.165) is 27.3 Å².